The smallest absolute Gasteiger partial charge is 0.332 e. The summed E-state index contributed by atoms with van der Waals surface area (Å²) in [4.78, 5) is 23.0. The highest BCUT2D eigenvalue weighted by molar-refractivity contribution is 5.99. The third kappa shape index (κ3) is 2.59. The van der Waals surface area contributed by atoms with Gasteiger partial charge in [0.05, 0.1) is 11.1 Å². The second-order valence-corrected chi connectivity index (χ2v) is 5.47. The molecule has 0 saturated heterocycles. The summed E-state index contributed by atoms with van der Waals surface area (Å²) in [7, 11) is 0. The van der Waals surface area contributed by atoms with Crippen LogP contribution in [0.4, 0.5) is 0 Å². The number of aliphatic carboxylic acids is 2. The summed E-state index contributed by atoms with van der Waals surface area (Å²) in [5, 5.41) is 18.8. The molecule has 1 aromatic carbocycles. The van der Waals surface area contributed by atoms with Crippen LogP contribution in [0, 0.1) is 11.8 Å². The van der Waals surface area contributed by atoms with Gasteiger partial charge in [0, 0.05) is 0 Å². The van der Waals surface area contributed by atoms with E-state index in [1.54, 1.807) is 13.8 Å². The number of rotatable bonds is 4. The second-order valence-electron chi connectivity index (χ2n) is 5.47. The van der Waals surface area contributed by atoms with Crippen molar-refractivity contribution in [1.82, 2.24) is 0 Å². The van der Waals surface area contributed by atoms with Crippen molar-refractivity contribution in [3.05, 3.63) is 46.5 Å². The average molecular weight is 274 g/mol. The van der Waals surface area contributed by atoms with Crippen molar-refractivity contribution in [2.45, 2.75) is 26.7 Å². The van der Waals surface area contributed by atoms with E-state index in [1.165, 1.54) is 0 Å². The molecule has 0 aromatic heterocycles. The minimum absolute atomic E-state index is 0.0234. The van der Waals surface area contributed by atoms with Gasteiger partial charge in [-0.2, -0.15) is 0 Å². The van der Waals surface area contributed by atoms with E-state index in [0.29, 0.717) is 12.8 Å². The van der Waals surface area contributed by atoms with E-state index >= 15 is 0 Å². The Bertz CT molecular complexity index is 559. The van der Waals surface area contributed by atoms with E-state index in [0.717, 1.165) is 11.1 Å². The number of hydrogen-bond acceptors (Lipinski definition) is 2. The molecule has 2 rings (SSSR count). The van der Waals surface area contributed by atoms with E-state index in [9.17, 15) is 19.8 Å². The Morgan fingerprint density at radius 2 is 1.55 bits per heavy atom. The largest absolute Gasteiger partial charge is 0.478 e. The van der Waals surface area contributed by atoms with Crippen LogP contribution < -0.4 is 0 Å². The Kier molecular flexibility index (Phi) is 3.93. The predicted octanol–water partition coefficient (Wildman–Crippen LogP) is 2.52. The van der Waals surface area contributed by atoms with Crippen molar-refractivity contribution in [3.63, 3.8) is 0 Å². The number of carboxylic acid groups (broad SMARTS) is 2. The summed E-state index contributed by atoms with van der Waals surface area (Å²) in [6, 6.07) is 7.80. The molecule has 0 radical (unpaired) electrons. The van der Waals surface area contributed by atoms with E-state index in [1.807, 2.05) is 24.3 Å². The number of carbonyl (C=O) groups is 2. The van der Waals surface area contributed by atoms with E-state index in [-0.39, 0.29) is 23.0 Å². The summed E-state index contributed by atoms with van der Waals surface area (Å²) >= 11 is 0. The van der Waals surface area contributed by atoms with Gasteiger partial charge in [0.25, 0.3) is 0 Å². The maximum Gasteiger partial charge on any atom is 0.332 e. The van der Waals surface area contributed by atoms with Crippen LogP contribution in [0.5, 0.6) is 0 Å². The van der Waals surface area contributed by atoms with Crippen molar-refractivity contribution in [2.75, 3.05) is 0 Å². The van der Waals surface area contributed by atoms with Gasteiger partial charge in [-0.3, -0.25) is 0 Å². The lowest BCUT2D eigenvalue weighted by atomic mass is 9.87. The zero-order chi connectivity index (χ0) is 14.9. The molecule has 106 valence electrons. The molecule has 0 amide bonds. The highest BCUT2D eigenvalue weighted by atomic mass is 16.4. The Balaban J connectivity index is 2.45. The van der Waals surface area contributed by atoms with Crippen molar-refractivity contribution in [2.24, 2.45) is 11.8 Å². The standard InChI is InChI=1S/C16H18O4/c1-9(2)13(15(17)18)14(16(19)20)12-7-10-5-3-4-6-11(10)8-12/h3-6,9,12H,7-8H2,1-2H3,(H,17,18)(H,19,20). The van der Waals surface area contributed by atoms with Gasteiger partial charge in [0.1, 0.15) is 0 Å². The summed E-state index contributed by atoms with van der Waals surface area (Å²) in [5.41, 5.74) is 2.31. The summed E-state index contributed by atoms with van der Waals surface area (Å²) in [6.45, 7) is 3.43. The maximum atomic E-state index is 11.6. The Hall–Kier alpha value is -2.10. The van der Waals surface area contributed by atoms with Gasteiger partial charge in [-0.15, -0.1) is 0 Å². The highest BCUT2D eigenvalue weighted by Crippen LogP contribution is 2.34. The lowest BCUT2D eigenvalue weighted by Crippen LogP contribution is -2.22. The number of fused-ring (bicyclic) bond motifs is 1. The van der Waals surface area contributed by atoms with Gasteiger partial charge >= 0.3 is 11.9 Å². The lowest BCUT2D eigenvalue weighted by molar-refractivity contribution is -0.136. The molecule has 0 heterocycles. The topological polar surface area (TPSA) is 74.6 Å². The van der Waals surface area contributed by atoms with Gasteiger partial charge in [0.15, 0.2) is 0 Å². The number of carboxylic acids is 2. The van der Waals surface area contributed by atoms with E-state index < -0.39 is 11.9 Å². The zero-order valence-corrected chi connectivity index (χ0v) is 11.6. The minimum atomic E-state index is -1.13. The van der Waals surface area contributed by atoms with Crippen LogP contribution in [0.2, 0.25) is 0 Å². The molecule has 4 nitrogen and oxygen atoms in total. The molecule has 1 aliphatic carbocycles. The van der Waals surface area contributed by atoms with Crippen molar-refractivity contribution in [1.29, 1.82) is 0 Å². The molecule has 0 spiro atoms. The van der Waals surface area contributed by atoms with Crippen LogP contribution in [0.3, 0.4) is 0 Å². The normalized spacial score (nSPS) is 15.9. The molecule has 0 atom stereocenters. The molecule has 2 N–H and O–H groups in total. The molecule has 0 fully saturated rings. The van der Waals surface area contributed by atoms with Gasteiger partial charge in [-0.05, 0) is 35.8 Å². The van der Waals surface area contributed by atoms with E-state index in [2.05, 4.69) is 0 Å². The van der Waals surface area contributed by atoms with Gasteiger partial charge in [-0.25, -0.2) is 9.59 Å². The number of hydrogen-bond donors (Lipinski definition) is 2. The van der Waals surface area contributed by atoms with Crippen LogP contribution in [0.1, 0.15) is 25.0 Å². The molecular formula is C16H18O4. The molecule has 0 unspecified atom stereocenters. The van der Waals surface area contributed by atoms with Crippen molar-refractivity contribution in [3.8, 4) is 0 Å². The van der Waals surface area contributed by atoms with Crippen LogP contribution >= 0.6 is 0 Å². The maximum absolute atomic E-state index is 11.6. The Morgan fingerprint density at radius 3 is 1.90 bits per heavy atom. The second kappa shape index (κ2) is 5.49. The first-order valence-corrected chi connectivity index (χ1v) is 6.69. The van der Waals surface area contributed by atoms with Gasteiger partial charge in [0.2, 0.25) is 0 Å². The SMILES string of the molecule is CC(C)C(C(=O)O)=C(C(=O)O)C1Cc2ccccc2C1. The first-order valence-electron chi connectivity index (χ1n) is 6.69. The quantitative estimate of drug-likeness (QED) is 0.827. The van der Waals surface area contributed by atoms with Crippen molar-refractivity contribution < 1.29 is 19.8 Å². The third-order valence-electron chi connectivity index (χ3n) is 3.79. The van der Waals surface area contributed by atoms with Crippen LogP contribution in [-0.2, 0) is 22.4 Å². The molecule has 20 heavy (non-hydrogen) atoms. The lowest BCUT2D eigenvalue weighted by Gasteiger charge is -2.17. The Morgan fingerprint density at radius 1 is 1.05 bits per heavy atom. The minimum Gasteiger partial charge on any atom is -0.478 e. The third-order valence-corrected chi connectivity index (χ3v) is 3.79. The predicted molar refractivity (Wildman–Crippen MR) is 74.5 cm³/mol. The molecule has 0 bridgehead atoms. The highest BCUT2D eigenvalue weighted by Gasteiger charge is 2.33. The zero-order valence-electron chi connectivity index (χ0n) is 11.6. The van der Waals surface area contributed by atoms with Crippen molar-refractivity contribution >= 4 is 11.9 Å². The van der Waals surface area contributed by atoms with E-state index in [4.69, 9.17) is 0 Å². The fraction of sp³-hybridized carbons (Fsp3) is 0.375. The molecule has 0 aliphatic heterocycles. The summed E-state index contributed by atoms with van der Waals surface area (Å²) in [6.07, 6.45) is 1.20. The summed E-state index contributed by atoms with van der Waals surface area (Å²) < 4.78 is 0. The molecular weight excluding hydrogens is 256 g/mol. The molecule has 0 saturated carbocycles. The monoisotopic (exact) mass is 274 g/mol. The fourth-order valence-corrected chi connectivity index (χ4v) is 2.95. The summed E-state index contributed by atoms with van der Waals surface area (Å²) in [5.74, 6) is -2.82. The number of benzene rings is 1. The fourth-order valence-electron chi connectivity index (χ4n) is 2.95. The molecule has 4 heteroatoms. The molecule has 1 aliphatic rings. The Labute approximate surface area is 117 Å². The van der Waals surface area contributed by atoms with Gasteiger partial charge < -0.3 is 10.2 Å². The first kappa shape index (κ1) is 14.3. The average Bonchev–Trinajstić information content (AvgIpc) is 2.77. The van der Waals surface area contributed by atoms with Crippen LogP contribution in [-0.4, -0.2) is 22.2 Å². The first-order chi connectivity index (χ1) is 9.41. The van der Waals surface area contributed by atoms with Crippen LogP contribution in [0.15, 0.2) is 35.4 Å². The van der Waals surface area contributed by atoms with Gasteiger partial charge in [-0.1, -0.05) is 38.1 Å². The molecule has 1 aromatic rings. The van der Waals surface area contributed by atoms with Crippen LogP contribution in [0.25, 0.3) is 0 Å².